The minimum Gasteiger partial charge on any atom is -0.494 e. The molecular formula is C13H16N2OS. The maximum Gasteiger partial charge on any atom is 0.124 e. The van der Waals surface area contributed by atoms with Crippen molar-refractivity contribution in [3.8, 4) is 16.3 Å². The summed E-state index contributed by atoms with van der Waals surface area (Å²) in [5.74, 6) is 0.882. The molecule has 17 heavy (non-hydrogen) atoms. The Kier molecular flexibility index (Phi) is 3.76. The molecule has 2 aromatic rings. The minimum atomic E-state index is 0.550. The molecule has 0 aliphatic carbocycles. The maximum absolute atomic E-state index is 5.67. The molecule has 2 rings (SSSR count). The number of nitrogens with two attached hydrogens (primary N) is 1. The molecule has 0 spiro atoms. The fourth-order valence-corrected chi connectivity index (χ4v) is 2.56. The van der Waals surface area contributed by atoms with Crippen molar-refractivity contribution >= 4 is 11.3 Å². The second-order valence-corrected chi connectivity index (χ2v) is 4.78. The molecule has 1 aromatic heterocycles. The highest BCUT2D eigenvalue weighted by Gasteiger charge is 2.08. The van der Waals surface area contributed by atoms with Gasteiger partial charge >= 0.3 is 0 Å². The third-order valence-corrected chi connectivity index (χ3v) is 3.70. The summed E-state index contributed by atoms with van der Waals surface area (Å²) in [6.45, 7) is 5.20. The highest BCUT2D eigenvalue weighted by Crippen LogP contribution is 2.29. The number of ether oxygens (including phenoxy) is 1. The lowest BCUT2D eigenvalue weighted by Gasteiger charge is -2.03. The van der Waals surface area contributed by atoms with Gasteiger partial charge in [0.2, 0.25) is 0 Å². The summed E-state index contributed by atoms with van der Waals surface area (Å²) in [4.78, 5) is 5.68. The van der Waals surface area contributed by atoms with Crippen LogP contribution >= 0.6 is 11.3 Å². The smallest absolute Gasteiger partial charge is 0.124 e. The summed E-state index contributed by atoms with van der Waals surface area (Å²) in [5, 5.41) is 1.00. The van der Waals surface area contributed by atoms with E-state index in [0.29, 0.717) is 13.2 Å². The molecule has 2 N–H and O–H groups in total. The van der Waals surface area contributed by atoms with Crippen molar-refractivity contribution in [2.75, 3.05) is 6.61 Å². The number of hydrogen-bond donors (Lipinski definition) is 1. The minimum absolute atomic E-state index is 0.550. The van der Waals surface area contributed by atoms with Crippen LogP contribution < -0.4 is 10.5 Å². The molecule has 0 aliphatic heterocycles. The number of nitrogens with zero attached hydrogens (tertiary/aromatic N) is 1. The van der Waals surface area contributed by atoms with Crippen LogP contribution in [0.5, 0.6) is 5.75 Å². The van der Waals surface area contributed by atoms with E-state index in [4.69, 9.17) is 10.5 Å². The Morgan fingerprint density at radius 1 is 1.41 bits per heavy atom. The van der Waals surface area contributed by atoms with Crippen molar-refractivity contribution in [2.45, 2.75) is 20.4 Å². The zero-order valence-corrected chi connectivity index (χ0v) is 10.9. The molecule has 0 fully saturated rings. The Morgan fingerprint density at radius 3 is 2.88 bits per heavy atom. The molecule has 3 nitrogen and oxygen atoms in total. The van der Waals surface area contributed by atoms with Crippen molar-refractivity contribution in [1.82, 2.24) is 4.98 Å². The van der Waals surface area contributed by atoms with E-state index in [1.54, 1.807) is 11.3 Å². The van der Waals surface area contributed by atoms with E-state index in [1.165, 1.54) is 0 Å². The van der Waals surface area contributed by atoms with E-state index >= 15 is 0 Å². The molecule has 0 bridgehead atoms. The fraction of sp³-hybridized carbons (Fsp3) is 0.308. The Balaban J connectivity index is 2.34. The van der Waals surface area contributed by atoms with E-state index in [-0.39, 0.29) is 0 Å². The second kappa shape index (κ2) is 5.29. The zero-order valence-electron chi connectivity index (χ0n) is 10.1. The number of thiazole rings is 1. The third-order valence-electron chi connectivity index (χ3n) is 2.47. The van der Waals surface area contributed by atoms with Crippen molar-refractivity contribution in [1.29, 1.82) is 0 Å². The van der Waals surface area contributed by atoms with Crippen molar-refractivity contribution in [3.63, 3.8) is 0 Å². The lowest BCUT2D eigenvalue weighted by molar-refractivity contribution is 0.340. The van der Waals surface area contributed by atoms with E-state index in [1.807, 2.05) is 38.1 Å². The molecule has 0 saturated carbocycles. The van der Waals surface area contributed by atoms with Crippen molar-refractivity contribution < 1.29 is 4.74 Å². The molecule has 0 aliphatic rings. The number of rotatable bonds is 4. The summed E-state index contributed by atoms with van der Waals surface area (Å²) in [5.41, 5.74) is 7.77. The van der Waals surface area contributed by atoms with Crippen LogP contribution in [0.1, 0.15) is 17.5 Å². The Bertz CT molecular complexity index is 508. The first-order valence-corrected chi connectivity index (χ1v) is 6.46. The quantitative estimate of drug-likeness (QED) is 0.905. The molecule has 0 saturated heterocycles. The number of aromatic nitrogens is 1. The zero-order chi connectivity index (χ0) is 12.3. The van der Waals surface area contributed by atoms with Gasteiger partial charge in [-0.15, -0.1) is 11.3 Å². The van der Waals surface area contributed by atoms with E-state index in [2.05, 4.69) is 4.98 Å². The first-order chi connectivity index (χ1) is 8.24. The largest absolute Gasteiger partial charge is 0.494 e. The molecule has 1 heterocycles. The van der Waals surface area contributed by atoms with Crippen molar-refractivity contribution in [2.24, 2.45) is 5.73 Å². The highest BCUT2D eigenvalue weighted by molar-refractivity contribution is 7.15. The van der Waals surface area contributed by atoms with Gasteiger partial charge in [0.1, 0.15) is 10.8 Å². The van der Waals surface area contributed by atoms with Crippen LogP contribution in [0.15, 0.2) is 24.3 Å². The van der Waals surface area contributed by atoms with Gasteiger partial charge in [-0.1, -0.05) is 12.1 Å². The number of benzene rings is 1. The highest BCUT2D eigenvalue weighted by atomic mass is 32.1. The van der Waals surface area contributed by atoms with E-state index in [9.17, 15) is 0 Å². The van der Waals surface area contributed by atoms with Gasteiger partial charge in [-0.25, -0.2) is 4.98 Å². The molecule has 1 aromatic carbocycles. The fourth-order valence-electron chi connectivity index (χ4n) is 1.63. The SMILES string of the molecule is CCOc1cccc(-c2nc(C)c(CN)s2)c1. The van der Waals surface area contributed by atoms with Gasteiger partial charge in [-0.05, 0) is 26.0 Å². The average molecular weight is 248 g/mol. The standard InChI is InChI=1S/C13H16N2OS/c1-3-16-11-6-4-5-10(7-11)13-15-9(2)12(8-14)17-13/h4-7H,3,8,14H2,1-2H3. The number of hydrogen-bond acceptors (Lipinski definition) is 4. The first-order valence-electron chi connectivity index (χ1n) is 5.64. The van der Waals surface area contributed by atoms with Gasteiger partial charge in [0.25, 0.3) is 0 Å². The van der Waals surface area contributed by atoms with Gasteiger partial charge in [-0.3, -0.25) is 0 Å². The van der Waals surface area contributed by atoms with Crippen LogP contribution in [0.3, 0.4) is 0 Å². The van der Waals surface area contributed by atoms with Crippen LogP contribution in [0.4, 0.5) is 0 Å². The lowest BCUT2D eigenvalue weighted by Crippen LogP contribution is -1.94. The predicted octanol–water partition coefficient (Wildman–Crippen LogP) is 2.98. The average Bonchev–Trinajstić information content (AvgIpc) is 2.71. The Morgan fingerprint density at radius 2 is 2.24 bits per heavy atom. The predicted molar refractivity (Wildman–Crippen MR) is 71.3 cm³/mol. The van der Waals surface area contributed by atoms with Crippen LogP contribution in [-0.2, 0) is 6.54 Å². The van der Waals surface area contributed by atoms with Crippen LogP contribution in [-0.4, -0.2) is 11.6 Å². The molecule has 4 heteroatoms. The molecule has 0 unspecified atom stereocenters. The van der Waals surface area contributed by atoms with Gasteiger partial charge in [0.05, 0.1) is 12.3 Å². The normalized spacial score (nSPS) is 10.5. The van der Waals surface area contributed by atoms with E-state index in [0.717, 1.165) is 26.9 Å². The maximum atomic E-state index is 5.67. The first kappa shape index (κ1) is 12.1. The van der Waals surface area contributed by atoms with Crippen LogP contribution in [0.25, 0.3) is 10.6 Å². The Labute approximate surface area is 105 Å². The topological polar surface area (TPSA) is 48.1 Å². The molecule has 0 amide bonds. The van der Waals surface area contributed by atoms with Crippen LogP contribution in [0.2, 0.25) is 0 Å². The molecule has 0 atom stereocenters. The van der Waals surface area contributed by atoms with Gasteiger partial charge in [-0.2, -0.15) is 0 Å². The molecule has 90 valence electrons. The van der Waals surface area contributed by atoms with Gasteiger partial charge < -0.3 is 10.5 Å². The third kappa shape index (κ3) is 2.65. The summed E-state index contributed by atoms with van der Waals surface area (Å²) in [6, 6.07) is 8.00. The summed E-state index contributed by atoms with van der Waals surface area (Å²) < 4.78 is 5.48. The summed E-state index contributed by atoms with van der Waals surface area (Å²) in [7, 11) is 0. The van der Waals surface area contributed by atoms with Crippen molar-refractivity contribution in [3.05, 3.63) is 34.8 Å². The lowest BCUT2D eigenvalue weighted by atomic mass is 10.2. The Hall–Kier alpha value is -1.39. The summed E-state index contributed by atoms with van der Waals surface area (Å²) >= 11 is 1.65. The number of aryl methyl sites for hydroxylation is 1. The van der Waals surface area contributed by atoms with E-state index < -0.39 is 0 Å². The molecule has 0 radical (unpaired) electrons. The monoisotopic (exact) mass is 248 g/mol. The summed E-state index contributed by atoms with van der Waals surface area (Å²) in [6.07, 6.45) is 0. The molecular weight excluding hydrogens is 232 g/mol. The van der Waals surface area contributed by atoms with Gasteiger partial charge in [0.15, 0.2) is 0 Å². The van der Waals surface area contributed by atoms with Gasteiger partial charge in [0, 0.05) is 17.0 Å². The second-order valence-electron chi connectivity index (χ2n) is 3.69. The van der Waals surface area contributed by atoms with Crippen LogP contribution in [0, 0.1) is 6.92 Å².